The van der Waals surface area contributed by atoms with Crippen molar-refractivity contribution in [3.05, 3.63) is 69.8 Å². The summed E-state index contributed by atoms with van der Waals surface area (Å²) in [6.45, 7) is 0.625. The van der Waals surface area contributed by atoms with Crippen molar-refractivity contribution >= 4 is 22.5 Å². The van der Waals surface area contributed by atoms with Gasteiger partial charge in [0, 0.05) is 47.2 Å². The van der Waals surface area contributed by atoms with Gasteiger partial charge in [-0.3, -0.25) is 14.3 Å². The van der Waals surface area contributed by atoms with Crippen LogP contribution in [-0.4, -0.2) is 21.4 Å². The van der Waals surface area contributed by atoms with E-state index in [1.54, 1.807) is 30.5 Å². The lowest BCUT2D eigenvalue weighted by atomic mass is 10.2. The number of nitro groups is 1. The first-order valence-electron chi connectivity index (χ1n) is 7.13. The van der Waals surface area contributed by atoms with Crippen LogP contribution in [0.5, 0.6) is 0 Å². The Hall–Kier alpha value is -2.74. The summed E-state index contributed by atoms with van der Waals surface area (Å²) in [5.41, 5.74) is 1.68. The molecule has 2 aromatic carbocycles. The summed E-state index contributed by atoms with van der Waals surface area (Å²) in [5, 5.41) is 16.0. The Morgan fingerprint density at radius 3 is 1.88 bits per heavy atom. The van der Waals surface area contributed by atoms with E-state index in [0.29, 0.717) is 6.54 Å². The second kappa shape index (κ2) is 8.21. The largest absolute Gasteiger partial charge is 0.334 e. The van der Waals surface area contributed by atoms with Crippen molar-refractivity contribution in [3.63, 3.8) is 0 Å². The molecule has 7 nitrogen and oxygen atoms in total. The number of hydrogen-bond acceptors (Lipinski definition) is 4. The average Bonchev–Trinajstić information content (AvgIpc) is 2.58. The smallest absolute Gasteiger partial charge is 0.315 e. The minimum atomic E-state index is -1.02. The molecular weight excluding hydrogens is 330 g/mol. The van der Waals surface area contributed by atoms with Crippen LogP contribution in [-0.2, 0) is 23.9 Å². The number of non-ortho nitro benzene ring substituents is 1. The number of urea groups is 1. The van der Waals surface area contributed by atoms with E-state index in [0.717, 1.165) is 16.0 Å². The van der Waals surface area contributed by atoms with Gasteiger partial charge in [0.1, 0.15) is 0 Å². The van der Waals surface area contributed by atoms with E-state index in [1.165, 1.54) is 12.1 Å². The first kappa shape index (κ1) is 17.6. The third kappa shape index (κ3) is 5.17. The van der Waals surface area contributed by atoms with Crippen molar-refractivity contribution in [1.82, 2.24) is 10.6 Å². The molecule has 2 aromatic rings. The Balaban J connectivity index is 1.78. The van der Waals surface area contributed by atoms with Crippen LogP contribution < -0.4 is 10.6 Å². The maximum atomic E-state index is 11.8. The zero-order valence-corrected chi connectivity index (χ0v) is 13.8. The lowest BCUT2D eigenvalue weighted by Gasteiger charge is -2.08. The predicted octanol–water partition coefficient (Wildman–Crippen LogP) is 2.33. The molecule has 0 aliphatic heterocycles. The fourth-order valence-corrected chi connectivity index (χ4v) is 2.48. The van der Waals surface area contributed by atoms with Crippen LogP contribution in [0.4, 0.5) is 10.5 Å². The van der Waals surface area contributed by atoms with Gasteiger partial charge in [0.2, 0.25) is 0 Å². The van der Waals surface area contributed by atoms with Gasteiger partial charge in [-0.2, -0.15) is 0 Å². The Kier molecular flexibility index (Phi) is 6.02. The van der Waals surface area contributed by atoms with Gasteiger partial charge in [0.15, 0.2) is 0 Å². The van der Waals surface area contributed by atoms with Gasteiger partial charge in [-0.25, -0.2) is 4.79 Å². The Labute approximate surface area is 141 Å². The van der Waals surface area contributed by atoms with Gasteiger partial charge in [0.05, 0.1) is 4.92 Å². The normalized spacial score (nSPS) is 11.5. The van der Waals surface area contributed by atoms with Crippen molar-refractivity contribution < 1.29 is 13.9 Å². The number of nitrogens with zero attached hydrogens (tertiary/aromatic N) is 1. The van der Waals surface area contributed by atoms with Crippen LogP contribution in [0, 0.1) is 10.1 Å². The van der Waals surface area contributed by atoms with Gasteiger partial charge in [-0.1, -0.05) is 24.3 Å². The van der Waals surface area contributed by atoms with E-state index in [1.807, 2.05) is 12.1 Å². The van der Waals surface area contributed by atoms with E-state index < -0.39 is 15.7 Å². The Morgan fingerprint density at radius 2 is 1.46 bits per heavy atom. The molecule has 0 bridgehead atoms. The monoisotopic (exact) mass is 347 g/mol. The van der Waals surface area contributed by atoms with Crippen LogP contribution in [0.3, 0.4) is 0 Å². The molecule has 126 valence electrons. The predicted molar refractivity (Wildman–Crippen MR) is 90.9 cm³/mol. The molecule has 8 heteroatoms. The van der Waals surface area contributed by atoms with Gasteiger partial charge in [-0.05, 0) is 23.3 Å². The zero-order valence-electron chi connectivity index (χ0n) is 13.0. The number of hydrogen-bond donors (Lipinski definition) is 2. The highest BCUT2D eigenvalue weighted by molar-refractivity contribution is 7.84. The fourth-order valence-electron chi connectivity index (χ4n) is 1.96. The molecule has 24 heavy (non-hydrogen) atoms. The number of nitro benzene ring substituents is 1. The molecule has 1 atom stereocenters. The molecule has 0 aromatic heterocycles. The molecule has 0 aliphatic carbocycles. The summed E-state index contributed by atoms with van der Waals surface area (Å²) in [6, 6.07) is 12.8. The van der Waals surface area contributed by atoms with Crippen LogP contribution in [0.25, 0.3) is 0 Å². The molecule has 0 fully saturated rings. The molecule has 2 rings (SSSR count). The minimum Gasteiger partial charge on any atom is -0.334 e. The molecule has 0 aliphatic rings. The molecule has 2 amide bonds. The minimum absolute atomic E-state index is 0.0136. The topological polar surface area (TPSA) is 101 Å². The Bertz CT molecular complexity index is 681. The molecule has 0 saturated heterocycles. The summed E-state index contributed by atoms with van der Waals surface area (Å²) < 4.78 is 11.3. The second-order valence-corrected chi connectivity index (χ2v) is 6.44. The van der Waals surface area contributed by atoms with E-state index in [-0.39, 0.29) is 18.3 Å². The number of carbonyl (C=O) groups excluding carboxylic acids is 1. The molecular formula is C16H17N3O4S. The Morgan fingerprint density at radius 1 is 1.00 bits per heavy atom. The molecule has 1 unspecified atom stereocenters. The molecule has 0 saturated carbocycles. The van der Waals surface area contributed by atoms with Crippen molar-refractivity contribution in [2.75, 3.05) is 6.26 Å². The highest BCUT2D eigenvalue weighted by atomic mass is 32.2. The summed E-state index contributed by atoms with van der Waals surface area (Å²) in [5.74, 6) is 0. The second-order valence-electron chi connectivity index (χ2n) is 5.06. The molecule has 0 radical (unpaired) electrons. The SMILES string of the molecule is CS(=O)c1ccc(CNC(=O)NCc2ccc([N+](=O)[O-])cc2)cc1. The van der Waals surface area contributed by atoms with Gasteiger partial charge >= 0.3 is 6.03 Å². The van der Waals surface area contributed by atoms with E-state index in [2.05, 4.69) is 10.6 Å². The van der Waals surface area contributed by atoms with E-state index >= 15 is 0 Å². The van der Waals surface area contributed by atoms with Crippen LogP contribution in [0.2, 0.25) is 0 Å². The van der Waals surface area contributed by atoms with Gasteiger partial charge < -0.3 is 10.6 Å². The summed E-state index contributed by atoms with van der Waals surface area (Å²) in [6.07, 6.45) is 1.61. The summed E-state index contributed by atoms with van der Waals surface area (Å²) in [7, 11) is -1.02. The number of carbonyl (C=O) groups is 1. The molecule has 0 heterocycles. The average molecular weight is 347 g/mol. The number of nitrogens with one attached hydrogen (secondary N) is 2. The number of rotatable bonds is 6. The van der Waals surface area contributed by atoms with E-state index in [9.17, 15) is 19.1 Å². The van der Waals surface area contributed by atoms with Crippen molar-refractivity contribution in [2.24, 2.45) is 0 Å². The lowest BCUT2D eigenvalue weighted by Crippen LogP contribution is -2.34. The summed E-state index contributed by atoms with van der Waals surface area (Å²) in [4.78, 5) is 22.6. The van der Waals surface area contributed by atoms with Crippen LogP contribution in [0.1, 0.15) is 11.1 Å². The highest BCUT2D eigenvalue weighted by Gasteiger charge is 2.05. The van der Waals surface area contributed by atoms with Crippen molar-refractivity contribution in [1.29, 1.82) is 0 Å². The third-order valence-corrected chi connectivity index (χ3v) is 4.24. The maximum Gasteiger partial charge on any atom is 0.315 e. The standard InChI is InChI=1S/C16H17N3O4S/c1-24(23)15-8-4-13(5-9-15)11-18-16(20)17-10-12-2-6-14(7-3-12)19(21)22/h2-9H,10-11H2,1H3,(H2,17,18,20). The first-order chi connectivity index (χ1) is 11.5. The van der Waals surface area contributed by atoms with Crippen molar-refractivity contribution in [3.8, 4) is 0 Å². The van der Waals surface area contributed by atoms with Crippen LogP contribution in [0.15, 0.2) is 53.4 Å². The quantitative estimate of drug-likeness (QED) is 0.618. The maximum absolute atomic E-state index is 11.8. The lowest BCUT2D eigenvalue weighted by molar-refractivity contribution is -0.384. The fraction of sp³-hybridized carbons (Fsp3) is 0.188. The zero-order chi connectivity index (χ0) is 17.5. The summed E-state index contributed by atoms with van der Waals surface area (Å²) >= 11 is 0. The third-order valence-electron chi connectivity index (χ3n) is 3.31. The van der Waals surface area contributed by atoms with E-state index in [4.69, 9.17) is 0 Å². The number of amides is 2. The first-order valence-corrected chi connectivity index (χ1v) is 8.69. The van der Waals surface area contributed by atoms with Gasteiger partial charge in [0.25, 0.3) is 5.69 Å². The van der Waals surface area contributed by atoms with Crippen LogP contribution >= 0.6 is 0 Å². The van der Waals surface area contributed by atoms with Crippen molar-refractivity contribution in [2.45, 2.75) is 18.0 Å². The highest BCUT2D eigenvalue weighted by Crippen LogP contribution is 2.11. The molecule has 2 N–H and O–H groups in total. The van der Waals surface area contributed by atoms with Gasteiger partial charge in [-0.15, -0.1) is 0 Å². The molecule has 0 spiro atoms. The number of benzene rings is 2.